The van der Waals surface area contributed by atoms with Gasteiger partial charge in [0.05, 0.1) is 0 Å². The Hall–Kier alpha value is -1.68. The summed E-state index contributed by atoms with van der Waals surface area (Å²) in [6.45, 7) is 4.61. The molecule has 0 aliphatic heterocycles. The molecule has 0 amide bonds. The zero-order valence-electron chi connectivity index (χ0n) is 8.94. The molecule has 0 aliphatic rings. The number of aromatic nitrogens is 3. The Balaban J connectivity index is 2.58. The lowest BCUT2D eigenvalue weighted by molar-refractivity contribution is 0.863. The third-order valence-electron chi connectivity index (χ3n) is 2.51. The Bertz CT molecular complexity index is 459. The maximum absolute atomic E-state index is 5.66. The largest absolute Gasteiger partial charge is 0.326 e. The number of aryl methyl sites for hydroxylation is 1. The summed E-state index contributed by atoms with van der Waals surface area (Å²) < 4.78 is 2.02. The molecule has 0 radical (unpaired) electrons. The highest BCUT2D eigenvalue weighted by Crippen LogP contribution is 2.17. The number of hydrogen-bond acceptors (Lipinski definition) is 3. The van der Waals surface area contributed by atoms with Gasteiger partial charge in [0.1, 0.15) is 0 Å². The average Bonchev–Trinajstić information content (AvgIpc) is 2.55. The molecule has 0 spiro atoms. The lowest BCUT2D eigenvalue weighted by Crippen LogP contribution is -2.05. The Morgan fingerprint density at radius 1 is 1.27 bits per heavy atom. The predicted molar refractivity (Wildman–Crippen MR) is 58.7 cm³/mol. The van der Waals surface area contributed by atoms with E-state index in [2.05, 4.69) is 16.0 Å². The molecule has 0 fully saturated rings. The third-order valence-corrected chi connectivity index (χ3v) is 2.51. The van der Waals surface area contributed by atoms with E-state index in [1.165, 1.54) is 0 Å². The smallest absolute Gasteiger partial charge is 0.233 e. The minimum absolute atomic E-state index is 0.548. The number of rotatable bonds is 2. The van der Waals surface area contributed by atoms with Crippen molar-refractivity contribution in [3.05, 3.63) is 41.5 Å². The first kappa shape index (κ1) is 9.86. The molecule has 0 aromatic carbocycles. The average molecular weight is 202 g/mol. The van der Waals surface area contributed by atoms with Gasteiger partial charge in [-0.1, -0.05) is 0 Å². The van der Waals surface area contributed by atoms with Crippen LogP contribution in [0.15, 0.2) is 24.5 Å². The summed E-state index contributed by atoms with van der Waals surface area (Å²) >= 11 is 0. The third kappa shape index (κ3) is 1.64. The topological polar surface area (TPSA) is 56.7 Å². The SMILES string of the molecule is Cc1cc(CN)c(C)n1-c1ncccn1. The molecular formula is C11H14N4. The van der Waals surface area contributed by atoms with Gasteiger partial charge in [0, 0.05) is 30.3 Å². The maximum Gasteiger partial charge on any atom is 0.233 e. The van der Waals surface area contributed by atoms with Crippen LogP contribution in [0.25, 0.3) is 5.95 Å². The molecule has 0 bridgehead atoms. The van der Waals surface area contributed by atoms with Crippen LogP contribution in [0.5, 0.6) is 0 Å². The van der Waals surface area contributed by atoms with Crippen molar-refractivity contribution in [1.82, 2.24) is 14.5 Å². The van der Waals surface area contributed by atoms with Crippen LogP contribution in [0, 0.1) is 13.8 Å². The lowest BCUT2D eigenvalue weighted by atomic mass is 10.2. The van der Waals surface area contributed by atoms with E-state index in [1.807, 2.05) is 24.5 Å². The zero-order chi connectivity index (χ0) is 10.8. The van der Waals surface area contributed by atoms with Gasteiger partial charge in [-0.2, -0.15) is 0 Å². The molecule has 0 aliphatic carbocycles. The van der Waals surface area contributed by atoms with Crippen LogP contribution in [-0.4, -0.2) is 14.5 Å². The number of nitrogens with two attached hydrogens (primary N) is 1. The van der Waals surface area contributed by atoms with Crippen LogP contribution in [0.2, 0.25) is 0 Å². The van der Waals surface area contributed by atoms with Gasteiger partial charge in [-0.3, -0.25) is 4.57 Å². The van der Waals surface area contributed by atoms with E-state index in [-0.39, 0.29) is 0 Å². The molecule has 78 valence electrons. The van der Waals surface area contributed by atoms with Crippen LogP contribution in [-0.2, 0) is 6.54 Å². The van der Waals surface area contributed by atoms with Crippen molar-refractivity contribution < 1.29 is 0 Å². The monoisotopic (exact) mass is 202 g/mol. The second-order valence-electron chi connectivity index (χ2n) is 3.48. The Labute approximate surface area is 88.8 Å². The molecule has 2 rings (SSSR count). The van der Waals surface area contributed by atoms with Crippen molar-refractivity contribution in [2.75, 3.05) is 0 Å². The van der Waals surface area contributed by atoms with Crippen molar-refractivity contribution in [3.63, 3.8) is 0 Å². The summed E-state index contributed by atoms with van der Waals surface area (Å²) in [5.74, 6) is 0.701. The van der Waals surface area contributed by atoms with E-state index in [4.69, 9.17) is 5.73 Å². The van der Waals surface area contributed by atoms with Gasteiger partial charge in [-0.25, -0.2) is 9.97 Å². The number of hydrogen-bond donors (Lipinski definition) is 1. The molecule has 4 nitrogen and oxygen atoms in total. The highest BCUT2D eigenvalue weighted by Gasteiger charge is 2.10. The first-order valence-corrected chi connectivity index (χ1v) is 4.89. The molecule has 0 unspecified atom stereocenters. The summed E-state index contributed by atoms with van der Waals surface area (Å²) in [5.41, 5.74) is 9.02. The molecule has 0 atom stereocenters. The van der Waals surface area contributed by atoms with Crippen LogP contribution < -0.4 is 5.73 Å². The summed E-state index contributed by atoms with van der Waals surface area (Å²) in [5, 5.41) is 0. The van der Waals surface area contributed by atoms with Crippen molar-refractivity contribution in [3.8, 4) is 5.95 Å². The minimum Gasteiger partial charge on any atom is -0.326 e. The van der Waals surface area contributed by atoms with Crippen molar-refractivity contribution in [1.29, 1.82) is 0 Å². The maximum atomic E-state index is 5.66. The van der Waals surface area contributed by atoms with Gasteiger partial charge in [0.2, 0.25) is 5.95 Å². The summed E-state index contributed by atoms with van der Waals surface area (Å²) in [6, 6.07) is 3.88. The fourth-order valence-corrected chi connectivity index (χ4v) is 1.75. The van der Waals surface area contributed by atoms with E-state index in [9.17, 15) is 0 Å². The fourth-order valence-electron chi connectivity index (χ4n) is 1.75. The molecule has 4 heteroatoms. The normalized spacial score (nSPS) is 10.6. The van der Waals surface area contributed by atoms with Crippen LogP contribution in [0.1, 0.15) is 17.0 Å². The lowest BCUT2D eigenvalue weighted by Gasteiger charge is -2.06. The Kier molecular flexibility index (Phi) is 2.51. The Morgan fingerprint density at radius 3 is 2.47 bits per heavy atom. The van der Waals surface area contributed by atoms with E-state index in [0.29, 0.717) is 12.5 Å². The molecule has 2 heterocycles. The van der Waals surface area contributed by atoms with E-state index in [0.717, 1.165) is 17.0 Å². The van der Waals surface area contributed by atoms with Crippen molar-refractivity contribution in [2.45, 2.75) is 20.4 Å². The highest BCUT2D eigenvalue weighted by molar-refractivity contribution is 5.33. The Morgan fingerprint density at radius 2 is 1.93 bits per heavy atom. The summed E-state index contributed by atoms with van der Waals surface area (Å²) in [6.07, 6.45) is 3.48. The minimum atomic E-state index is 0.548. The first-order valence-electron chi connectivity index (χ1n) is 4.89. The second kappa shape index (κ2) is 3.82. The second-order valence-corrected chi connectivity index (χ2v) is 3.48. The number of nitrogens with zero attached hydrogens (tertiary/aromatic N) is 3. The predicted octanol–water partition coefficient (Wildman–Crippen LogP) is 1.34. The zero-order valence-corrected chi connectivity index (χ0v) is 8.94. The summed E-state index contributed by atoms with van der Waals surface area (Å²) in [7, 11) is 0. The summed E-state index contributed by atoms with van der Waals surface area (Å²) in [4.78, 5) is 8.46. The first-order chi connectivity index (χ1) is 7.24. The van der Waals surface area contributed by atoms with Gasteiger partial charge < -0.3 is 5.73 Å². The molecule has 2 aromatic rings. The van der Waals surface area contributed by atoms with Crippen LogP contribution in [0.3, 0.4) is 0 Å². The van der Waals surface area contributed by atoms with Crippen molar-refractivity contribution in [2.24, 2.45) is 5.73 Å². The van der Waals surface area contributed by atoms with Crippen LogP contribution >= 0.6 is 0 Å². The molecule has 15 heavy (non-hydrogen) atoms. The van der Waals surface area contributed by atoms with E-state index < -0.39 is 0 Å². The molecule has 0 saturated carbocycles. The molecule has 2 N–H and O–H groups in total. The standard InChI is InChI=1S/C11H14N4/c1-8-6-10(7-12)9(2)15(8)11-13-4-3-5-14-11/h3-6H,7,12H2,1-2H3. The molecule has 0 saturated heterocycles. The van der Waals surface area contributed by atoms with Gasteiger partial charge in [-0.05, 0) is 31.5 Å². The van der Waals surface area contributed by atoms with E-state index >= 15 is 0 Å². The van der Waals surface area contributed by atoms with Gasteiger partial charge in [-0.15, -0.1) is 0 Å². The van der Waals surface area contributed by atoms with Crippen LogP contribution in [0.4, 0.5) is 0 Å². The molecule has 2 aromatic heterocycles. The fraction of sp³-hybridized carbons (Fsp3) is 0.273. The van der Waals surface area contributed by atoms with Gasteiger partial charge in [0.15, 0.2) is 0 Å². The van der Waals surface area contributed by atoms with Gasteiger partial charge >= 0.3 is 0 Å². The quantitative estimate of drug-likeness (QED) is 0.799. The van der Waals surface area contributed by atoms with E-state index in [1.54, 1.807) is 12.4 Å². The molecular weight excluding hydrogens is 188 g/mol. The highest BCUT2D eigenvalue weighted by atomic mass is 15.2. The van der Waals surface area contributed by atoms with Crippen molar-refractivity contribution >= 4 is 0 Å². The van der Waals surface area contributed by atoms with Gasteiger partial charge in [0.25, 0.3) is 0 Å².